The Labute approximate surface area is 134 Å². The van der Waals surface area contributed by atoms with E-state index in [1.807, 2.05) is 0 Å². The second kappa shape index (κ2) is 6.20. The van der Waals surface area contributed by atoms with Gasteiger partial charge in [0.25, 0.3) is 0 Å². The first-order chi connectivity index (χ1) is 9.76. The molecule has 0 aliphatic carbocycles. The minimum atomic E-state index is 0.666. The van der Waals surface area contributed by atoms with E-state index in [0.717, 1.165) is 32.9 Å². The van der Waals surface area contributed by atoms with Crippen LogP contribution >= 0.6 is 38.9 Å². The van der Waals surface area contributed by atoms with Crippen molar-refractivity contribution in [2.45, 2.75) is 12.8 Å². The fourth-order valence-electron chi connectivity index (χ4n) is 2.04. The molecule has 0 atom stereocenters. The van der Waals surface area contributed by atoms with E-state index in [1.165, 1.54) is 10.8 Å². The fourth-order valence-corrected chi connectivity index (χ4v) is 3.43. The van der Waals surface area contributed by atoms with Gasteiger partial charge >= 0.3 is 0 Å². The molecule has 1 heterocycles. The summed E-state index contributed by atoms with van der Waals surface area (Å²) in [5.74, 6) is 0.666. The highest BCUT2D eigenvalue weighted by atomic mass is 79.9. The molecule has 2 nitrogen and oxygen atoms in total. The number of alkyl halides is 1. The molecule has 0 aliphatic rings. The van der Waals surface area contributed by atoms with Crippen molar-refractivity contribution >= 4 is 49.6 Å². The van der Waals surface area contributed by atoms with Gasteiger partial charge in [0.15, 0.2) is 0 Å². The number of aryl methyl sites for hydroxylation is 1. The number of aromatic nitrogens is 2. The maximum absolute atomic E-state index is 5.71. The fraction of sp³-hybridized carbons (Fsp3) is 0.200. The second-order valence-electron chi connectivity index (χ2n) is 4.50. The van der Waals surface area contributed by atoms with Crippen LogP contribution in [0.3, 0.4) is 0 Å². The van der Waals surface area contributed by atoms with Gasteiger partial charge in [0.1, 0.15) is 10.0 Å². The summed E-state index contributed by atoms with van der Waals surface area (Å²) in [6, 6.07) is 12.7. The smallest absolute Gasteiger partial charge is 0.143 e. The molecule has 0 spiro atoms. The summed E-state index contributed by atoms with van der Waals surface area (Å²) in [6.07, 6.45) is 1.85. The van der Waals surface area contributed by atoms with Crippen LogP contribution < -0.4 is 0 Å². The number of nitrogens with zero attached hydrogens (tertiary/aromatic N) is 2. The van der Waals surface area contributed by atoms with Crippen molar-refractivity contribution in [3.63, 3.8) is 0 Å². The molecule has 5 heteroatoms. The van der Waals surface area contributed by atoms with Crippen LogP contribution in [0.5, 0.6) is 0 Å². The van der Waals surface area contributed by atoms with Gasteiger partial charge in [-0.2, -0.15) is 0 Å². The topological polar surface area (TPSA) is 25.8 Å². The summed E-state index contributed by atoms with van der Waals surface area (Å²) < 4.78 is 1.09. The minimum absolute atomic E-state index is 0.666. The van der Waals surface area contributed by atoms with Gasteiger partial charge in [0.05, 0.1) is 0 Å². The third kappa shape index (κ3) is 3.03. The maximum Gasteiger partial charge on any atom is 0.147 e. The number of hydrogen-bond donors (Lipinski definition) is 0. The van der Waals surface area contributed by atoms with E-state index in [4.69, 9.17) is 11.6 Å². The van der Waals surface area contributed by atoms with Crippen molar-refractivity contribution in [1.29, 1.82) is 0 Å². The number of rotatable bonds is 4. The molecule has 0 N–H and O–H groups in total. The van der Waals surface area contributed by atoms with Gasteiger partial charge < -0.3 is 0 Å². The molecule has 0 fully saturated rings. The highest BCUT2D eigenvalue weighted by molar-refractivity contribution is 9.10. The first kappa shape index (κ1) is 14.0. The van der Waals surface area contributed by atoms with Gasteiger partial charge in [-0.3, -0.25) is 0 Å². The van der Waals surface area contributed by atoms with Crippen molar-refractivity contribution in [2.75, 3.05) is 5.88 Å². The molecule has 102 valence electrons. The highest BCUT2D eigenvalue weighted by Gasteiger charge is 2.07. The average Bonchev–Trinajstić information content (AvgIpc) is 2.93. The summed E-state index contributed by atoms with van der Waals surface area (Å²) in [5.41, 5.74) is 1.12. The Balaban J connectivity index is 1.93. The zero-order valence-electron chi connectivity index (χ0n) is 10.6. The van der Waals surface area contributed by atoms with Crippen LogP contribution in [0.15, 0.2) is 40.9 Å². The molecular weight excluding hydrogens is 356 g/mol. The van der Waals surface area contributed by atoms with Crippen LogP contribution in [-0.4, -0.2) is 16.1 Å². The summed E-state index contributed by atoms with van der Waals surface area (Å²) in [5, 5.41) is 13.0. The largest absolute Gasteiger partial charge is 0.147 e. The second-order valence-corrected chi connectivity index (χ2v) is 6.86. The number of benzene rings is 2. The van der Waals surface area contributed by atoms with Crippen molar-refractivity contribution in [2.24, 2.45) is 0 Å². The van der Waals surface area contributed by atoms with E-state index in [2.05, 4.69) is 62.5 Å². The molecule has 0 aliphatic heterocycles. The van der Waals surface area contributed by atoms with Crippen molar-refractivity contribution in [3.8, 4) is 10.6 Å². The number of hydrogen-bond acceptors (Lipinski definition) is 3. The summed E-state index contributed by atoms with van der Waals surface area (Å²) >= 11 is 10.8. The lowest BCUT2D eigenvalue weighted by Gasteiger charge is -2.01. The van der Waals surface area contributed by atoms with Gasteiger partial charge in [-0.15, -0.1) is 21.8 Å². The van der Waals surface area contributed by atoms with Crippen LogP contribution in [-0.2, 0) is 6.42 Å². The number of fused-ring (bicyclic) bond motifs is 1. The Morgan fingerprint density at radius 2 is 1.85 bits per heavy atom. The van der Waals surface area contributed by atoms with Crippen LogP contribution in [0.1, 0.15) is 11.4 Å². The zero-order valence-corrected chi connectivity index (χ0v) is 13.8. The minimum Gasteiger partial charge on any atom is -0.143 e. The van der Waals surface area contributed by atoms with Crippen molar-refractivity contribution < 1.29 is 0 Å². The van der Waals surface area contributed by atoms with E-state index in [0.29, 0.717) is 5.88 Å². The van der Waals surface area contributed by atoms with E-state index in [9.17, 15) is 0 Å². The standard InChI is InChI=1S/C15H12BrClN2S/c16-13-6-5-10-8-12(4-3-11(10)9-13)15-19-18-14(20-15)2-1-7-17/h3-6,8-9H,1-2,7H2. The monoisotopic (exact) mass is 366 g/mol. The predicted molar refractivity (Wildman–Crippen MR) is 89.6 cm³/mol. The van der Waals surface area contributed by atoms with Crippen molar-refractivity contribution in [1.82, 2.24) is 10.2 Å². The molecular formula is C15H12BrClN2S. The van der Waals surface area contributed by atoms with Crippen LogP contribution in [0, 0.1) is 0 Å². The Kier molecular flexibility index (Phi) is 4.34. The summed E-state index contributed by atoms with van der Waals surface area (Å²) in [6.45, 7) is 0. The molecule has 3 rings (SSSR count). The summed E-state index contributed by atoms with van der Waals surface area (Å²) in [4.78, 5) is 0. The lowest BCUT2D eigenvalue weighted by atomic mass is 10.1. The van der Waals surface area contributed by atoms with Crippen LogP contribution in [0.2, 0.25) is 0 Å². The Morgan fingerprint density at radius 1 is 1.05 bits per heavy atom. The molecule has 0 radical (unpaired) electrons. The van der Waals surface area contributed by atoms with Gasteiger partial charge in [-0.1, -0.05) is 45.5 Å². The molecule has 1 aromatic heterocycles. The lowest BCUT2D eigenvalue weighted by Crippen LogP contribution is -1.84. The van der Waals surface area contributed by atoms with E-state index in [1.54, 1.807) is 11.3 Å². The van der Waals surface area contributed by atoms with E-state index >= 15 is 0 Å². The maximum atomic E-state index is 5.71. The lowest BCUT2D eigenvalue weighted by molar-refractivity contribution is 0.884. The first-order valence-corrected chi connectivity index (χ1v) is 8.49. The van der Waals surface area contributed by atoms with E-state index < -0.39 is 0 Å². The first-order valence-electron chi connectivity index (χ1n) is 6.34. The third-order valence-corrected chi connectivity index (χ3v) is 4.83. The van der Waals surface area contributed by atoms with Crippen LogP contribution in [0.25, 0.3) is 21.3 Å². The molecule has 0 saturated carbocycles. The normalized spacial score (nSPS) is 11.1. The van der Waals surface area contributed by atoms with Gasteiger partial charge in [0.2, 0.25) is 0 Å². The molecule has 0 amide bonds. The van der Waals surface area contributed by atoms with Crippen LogP contribution in [0.4, 0.5) is 0 Å². The quantitative estimate of drug-likeness (QED) is 0.585. The van der Waals surface area contributed by atoms with Gasteiger partial charge in [0, 0.05) is 22.3 Å². The van der Waals surface area contributed by atoms with Gasteiger partial charge in [-0.05, 0) is 35.4 Å². The third-order valence-electron chi connectivity index (χ3n) is 3.04. The molecule has 0 saturated heterocycles. The highest BCUT2D eigenvalue weighted by Crippen LogP contribution is 2.28. The molecule has 0 bridgehead atoms. The van der Waals surface area contributed by atoms with Crippen molar-refractivity contribution in [3.05, 3.63) is 45.9 Å². The Bertz CT molecular complexity index is 742. The SMILES string of the molecule is ClCCCc1nnc(-c2ccc3cc(Br)ccc3c2)s1. The Morgan fingerprint density at radius 3 is 2.70 bits per heavy atom. The zero-order chi connectivity index (χ0) is 13.9. The average molecular weight is 368 g/mol. The molecule has 3 aromatic rings. The predicted octanol–water partition coefficient (Wildman–Crippen LogP) is 5.29. The summed E-state index contributed by atoms with van der Waals surface area (Å²) in [7, 11) is 0. The molecule has 20 heavy (non-hydrogen) atoms. The van der Waals surface area contributed by atoms with Gasteiger partial charge in [-0.25, -0.2) is 0 Å². The Hall–Kier alpha value is -0.970. The number of halogens is 2. The molecule has 0 unspecified atom stereocenters. The van der Waals surface area contributed by atoms with E-state index in [-0.39, 0.29) is 0 Å². The molecule has 2 aromatic carbocycles.